The van der Waals surface area contributed by atoms with Crippen LogP contribution in [0.2, 0.25) is 0 Å². The molecule has 1 amide bonds. The normalized spacial score (nSPS) is 11.0. The highest BCUT2D eigenvalue weighted by atomic mass is 16.6. The number of nitrogen functional groups attached to an aromatic ring is 1. The number of amides is 1. The molecule has 0 atom stereocenters. The number of nitrogens with one attached hydrogen (secondary N) is 1. The fourth-order valence-electron chi connectivity index (χ4n) is 1.20. The summed E-state index contributed by atoms with van der Waals surface area (Å²) < 4.78 is 0. The van der Waals surface area contributed by atoms with Crippen molar-refractivity contribution in [2.75, 3.05) is 5.73 Å². The molecule has 0 aliphatic heterocycles. The molecule has 3 N–H and O–H groups in total. The Balaban J connectivity index is 3.16. The molecule has 0 aromatic carbocycles. The van der Waals surface area contributed by atoms with Gasteiger partial charge in [0.2, 0.25) is 0 Å². The van der Waals surface area contributed by atoms with Gasteiger partial charge in [0.1, 0.15) is 17.6 Å². The number of pyridine rings is 1. The van der Waals surface area contributed by atoms with E-state index in [-0.39, 0.29) is 17.1 Å². The maximum atomic E-state index is 11.8. The van der Waals surface area contributed by atoms with Gasteiger partial charge in [0.05, 0.1) is 4.92 Å². The van der Waals surface area contributed by atoms with Crippen LogP contribution < -0.4 is 11.1 Å². The number of nitrogens with zero attached hydrogens (tertiary/aromatic N) is 2. The van der Waals surface area contributed by atoms with Gasteiger partial charge in [-0.3, -0.25) is 14.9 Å². The third-order valence-electron chi connectivity index (χ3n) is 1.83. The maximum absolute atomic E-state index is 11.8. The van der Waals surface area contributed by atoms with Crippen LogP contribution in [0, 0.1) is 10.1 Å². The third kappa shape index (κ3) is 3.40. The topological polar surface area (TPSA) is 111 Å². The minimum atomic E-state index is -0.663. The first kappa shape index (κ1) is 12.9. The summed E-state index contributed by atoms with van der Waals surface area (Å²) >= 11 is 0. The van der Waals surface area contributed by atoms with Crippen molar-refractivity contribution < 1.29 is 9.72 Å². The number of rotatable bonds is 2. The van der Waals surface area contributed by atoms with E-state index in [4.69, 9.17) is 5.73 Å². The van der Waals surface area contributed by atoms with Crippen LogP contribution in [0.5, 0.6) is 0 Å². The number of nitro groups is 1. The second-order valence-electron chi connectivity index (χ2n) is 4.59. The molecule has 7 heteroatoms. The number of nitrogens with two attached hydrogens (primary N) is 1. The van der Waals surface area contributed by atoms with E-state index in [0.29, 0.717) is 0 Å². The van der Waals surface area contributed by atoms with E-state index in [1.54, 1.807) is 20.8 Å². The number of carbonyl (C=O) groups excluding carboxylic acids is 1. The Morgan fingerprint density at radius 1 is 1.53 bits per heavy atom. The molecular formula is C10H14N4O3. The number of hydrogen-bond donors (Lipinski definition) is 2. The zero-order valence-corrected chi connectivity index (χ0v) is 9.85. The minimum Gasteiger partial charge on any atom is -0.384 e. The molecule has 7 nitrogen and oxygen atoms in total. The van der Waals surface area contributed by atoms with Crippen LogP contribution >= 0.6 is 0 Å². The van der Waals surface area contributed by atoms with Gasteiger partial charge < -0.3 is 11.1 Å². The van der Waals surface area contributed by atoms with Gasteiger partial charge in [-0.25, -0.2) is 4.98 Å². The van der Waals surface area contributed by atoms with Crippen molar-refractivity contribution in [1.29, 1.82) is 0 Å². The highest BCUT2D eigenvalue weighted by Crippen LogP contribution is 2.19. The van der Waals surface area contributed by atoms with E-state index < -0.39 is 16.4 Å². The summed E-state index contributed by atoms with van der Waals surface area (Å²) in [6.45, 7) is 5.34. The summed E-state index contributed by atoms with van der Waals surface area (Å²) in [5.41, 5.74) is 4.49. The summed E-state index contributed by atoms with van der Waals surface area (Å²) in [6, 6.07) is 1.19. The predicted octanol–water partition coefficient (Wildman–Crippen LogP) is 1.10. The molecular weight excluding hydrogens is 224 g/mol. The lowest BCUT2D eigenvalue weighted by atomic mass is 10.1. The quantitative estimate of drug-likeness (QED) is 0.592. The van der Waals surface area contributed by atoms with Gasteiger partial charge in [0, 0.05) is 5.54 Å². The largest absolute Gasteiger partial charge is 0.384 e. The van der Waals surface area contributed by atoms with Crippen LogP contribution in [0.4, 0.5) is 11.5 Å². The Labute approximate surface area is 98.2 Å². The molecule has 92 valence electrons. The van der Waals surface area contributed by atoms with E-state index in [1.165, 1.54) is 6.07 Å². The van der Waals surface area contributed by atoms with Crippen LogP contribution in [0.1, 0.15) is 31.1 Å². The van der Waals surface area contributed by atoms with Gasteiger partial charge in [-0.1, -0.05) is 0 Å². The molecule has 1 heterocycles. The molecule has 0 aliphatic rings. The minimum absolute atomic E-state index is 0.0645. The molecule has 0 aliphatic carbocycles. The first-order chi connectivity index (χ1) is 7.70. The average molecular weight is 238 g/mol. The lowest BCUT2D eigenvalue weighted by molar-refractivity contribution is -0.385. The average Bonchev–Trinajstić information content (AvgIpc) is 2.14. The Morgan fingerprint density at radius 3 is 2.59 bits per heavy atom. The second kappa shape index (κ2) is 4.36. The fraction of sp³-hybridized carbons (Fsp3) is 0.400. The molecule has 0 fully saturated rings. The molecule has 1 aromatic rings. The van der Waals surface area contributed by atoms with Gasteiger partial charge in [-0.15, -0.1) is 0 Å². The number of hydrogen-bond acceptors (Lipinski definition) is 5. The standard InChI is InChI=1S/C10H14N4O3/c1-10(2,3)13-9(15)6-4-8(11)12-5-7(6)14(16)17/h4-5H,1-3H3,(H2,11,12)(H,13,15). The van der Waals surface area contributed by atoms with Gasteiger partial charge in [0.15, 0.2) is 0 Å². The van der Waals surface area contributed by atoms with Gasteiger partial charge in [-0.05, 0) is 26.8 Å². The van der Waals surface area contributed by atoms with Crippen molar-refractivity contribution in [3.63, 3.8) is 0 Å². The van der Waals surface area contributed by atoms with E-state index in [2.05, 4.69) is 10.3 Å². The SMILES string of the molecule is CC(C)(C)NC(=O)c1cc(N)ncc1[N+](=O)[O-]. The molecule has 0 saturated carbocycles. The maximum Gasteiger partial charge on any atom is 0.300 e. The van der Waals surface area contributed by atoms with Gasteiger partial charge in [-0.2, -0.15) is 0 Å². The van der Waals surface area contributed by atoms with Crippen LogP contribution in [0.25, 0.3) is 0 Å². The van der Waals surface area contributed by atoms with Crippen LogP contribution in [0.15, 0.2) is 12.3 Å². The zero-order chi connectivity index (χ0) is 13.2. The molecule has 0 spiro atoms. The number of carbonyl (C=O) groups is 1. The van der Waals surface area contributed by atoms with E-state index >= 15 is 0 Å². The molecule has 1 rings (SSSR count). The highest BCUT2D eigenvalue weighted by molar-refractivity contribution is 5.99. The van der Waals surface area contributed by atoms with Crippen LogP contribution in [0.3, 0.4) is 0 Å². The second-order valence-corrected chi connectivity index (χ2v) is 4.59. The summed E-state index contributed by atoms with van der Waals surface area (Å²) in [4.78, 5) is 25.5. The molecule has 0 saturated heterocycles. The van der Waals surface area contributed by atoms with E-state index in [9.17, 15) is 14.9 Å². The highest BCUT2D eigenvalue weighted by Gasteiger charge is 2.24. The lowest BCUT2D eigenvalue weighted by Gasteiger charge is -2.20. The Morgan fingerprint density at radius 2 is 2.12 bits per heavy atom. The molecule has 0 bridgehead atoms. The van der Waals surface area contributed by atoms with Crippen molar-refractivity contribution in [3.05, 3.63) is 27.9 Å². The molecule has 0 radical (unpaired) electrons. The summed E-state index contributed by atoms with van der Waals surface area (Å²) in [7, 11) is 0. The molecule has 17 heavy (non-hydrogen) atoms. The van der Waals surface area contributed by atoms with Crippen molar-refractivity contribution >= 4 is 17.4 Å². The first-order valence-corrected chi connectivity index (χ1v) is 4.93. The fourth-order valence-corrected chi connectivity index (χ4v) is 1.20. The van der Waals surface area contributed by atoms with Crippen molar-refractivity contribution in [2.45, 2.75) is 26.3 Å². The Hall–Kier alpha value is -2.18. The number of anilines is 1. The van der Waals surface area contributed by atoms with E-state index in [1.807, 2.05) is 0 Å². The van der Waals surface area contributed by atoms with Crippen molar-refractivity contribution in [1.82, 2.24) is 10.3 Å². The lowest BCUT2D eigenvalue weighted by Crippen LogP contribution is -2.40. The van der Waals surface area contributed by atoms with Gasteiger partial charge >= 0.3 is 0 Å². The van der Waals surface area contributed by atoms with Crippen molar-refractivity contribution in [3.8, 4) is 0 Å². The summed E-state index contributed by atoms with van der Waals surface area (Å²) in [6.07, 6.45) is 0.979. The van der Waals surface area contributed by atoms with Crippen LogP contribution in [-0.2, 0) is 0 Å². The Kier molecular flexibility index (Phi) is 3.31. The summed E-state index contributed by atoms with van der Waals surface area (Å²) in [5, 5.41) is 13.4. The third-order valence-corrected chi connectivity index (χ3v) is 1.83. The molecule has 0 unspecified atom stereocenters. The number of aromatic nitrogens is 1. The van der Waals surface area contributed by atoms with Gasteiger partial charge in [0.25, 0.3) is 11.6 Å². The summed E-state index contributed by atoms with van der Waals surface area (Å²) in [5.74, 6) is -0.479. The van der Waals surface area contributed by atoms with E-state index in [0.717, 1.165) is 6.20 Å². The zero-order valence-electron chi connectivity index (χ0n) is 9.85. The monoisotopic (exact) mass is 238 g/mol. The van der Waals surface area contributed by atoms with Crippen molar-refractivity contribution in [2.24, 2.45) is 0 Å². The van der Waals surface area contributed by atoms with Crippen LogP contribution in [-0.4, -0.2) is 21.4 Å². The Bertz CT molecular complexity index is 465. The first-order valence-electron chi connectivity index (χ1n) is 4.93. The smallest absolute Gasteiger partial charge is 0.300 e. The molecule has 1 aromatic heterocycles. The predicted molar refractivity (Wildman–Crippen MR) is 62.5 cm³/mol.